The Labute approximate surface area is 97.5 Å². The molecule has 0 amide bonds. The number of aliphatic hydroxyl groups is 1. The summed E-state index contributed by atoms with van der Waals surface area (Å²) in [5.41, 5.74) is -6.49. The van der Waals surface area contributed by atoms with Crippen LogP contribution in [0.1, 0.15) is 11.1 Å². The summed E-state index contributed by atoms with van der Waals surface area (Å²) in [5.74, 6) is -1.27. The predicted octanol–water partition coefficient (Wildman–Crippen LogP) is 3.01. The molecule has 1 rings (SSSR count). The van der Waals surface area contributed by atoms with E-state index in [0.717, 1.165) is 6.07 Å². The van der Waals surface area contributed by atoms with Crippen molar-refractivity contribution in [3.63, 3.8) is 0 Å². The van der Waals surface area contributed by atoms with E-state index in [-0.39, 0.29) is 5.56 Å². The van der Waals surface area contributed by atoms with Crippen molar-refractivity contribution < 1.29 is 36.6 Å². The molecule has 0 heterocycles. The van der Waals surface area contributed by atoms with E-state index in [1.807, 2.05) is 0 Å². The predicted molar refractivity (Wildman–Crippen MR) is 48.9 cm³/mol. The third-order valence-corrected chi connectivity index (χ3v) is 2.36. The number of rotatable bonds is 1. The topological polar surface area (TPSA) is 40.5 Å². The van der Waals surface area contributed by atoms with Crippen LogP contribution < -0.4 is 0 Å². The van der Waals surface area contributed by atoms with Crippen LogP contribution in [0.3, 0.4) is 0 Å². The van der Waals surface area contributed by atoms with E-state index in [4.69, 9.17) is 5.11 Å². The highest BCUT2D eigenvalue weighted by Gasteiger charge is 2.72. The summed E-state index contributed by atoms with van der Waals surface area (Å²) in [6.07, 6.45) is -12.0. The number of phenols is 1. The Balaban J connectivity index is 3.56. The maximum absolute atomic E-state index is 12.5. The van der Waals surface area contributed by atoms with Crippen molar-refractivity contribution in [2.45, 2.75) is 24.9 Å². The first-order valence-electron chi connectivity index (χ1n) is 4.57. The van der Waals surface area contributed by atoms with Crippen LogP contribution in [0.5, 0.6) is 5.75 Å². The number of hydrogen-bond donors (Lipinski definition) is 2. The van der Waals surface area contributed by atoms with Crippen LogP contribution in [-0.4, -0.2) is 22.6 Å². The van der Waals surface area contributed by atoms with Crippen LogP contribution >= 0.6 is 0 Å². The summed E-state index contributed by atoms with van der Waals surface area (Å²) in [7, 11) is 0. The third kappa shape index (κ3) is 2.12. The smallest absolute Gasteiger partial charge is 0.430 e. The van der Waals surface area contributed by atoms with E-state index in [1.54, 1.807) is 0 Å². The van der Waals surface area contributed by atoms with Crippen molar-refractivity contribution >= 4 is 0 Å². The SMILES string of the molecule is Cc1ccc(C(O)(C(F)(F)F)C(F)(F)F)c(O)c1. The van der Waals surface area contributed by atoms with E-state index in [2.05, 4.69) is 0 Å². The fourth-order valence-corrected chi connectivity index (χ4v) is 1.41. The summed E-state index contributed by atoms with van der Waals surface area (Å²) < 4.78 is 74.9. The first kappa shape index (κ1) is 14.6. The zero-order chi connectivity index (χ0) is 14.4. The monoisotopic (exact) mass is 274 g/mol. The lowest BCUT2D eigenvalue weighted by molar-refractivity contribution is -0.376. The van der Waals surface area contributed by atoms with Crippen LogP contribution in [0.4, 0.5) is 26.3 Å². The quantitative estimate of drug-likeness (QED) is 0.773. The first-order valence-corrected chi connectivity index (χ1v) is 4.57. The molecule has 0 aromatic heterocycles. The second-order valence-electron chi connectivity index (χ2n) is 3.73. The lowest BCUT2D eigenvalue weighted by atomic mass is 9.90. The molecule has 2 nitrogen and oxygen atoms in total. The van der Waals surface area contributed by atoms with Gasteiger partial charge in [0.05, 0.1) is 0 Å². The average Bonchev–Trinajstić information content (AvgIpc) is 2.12. The van der Waals surface area contributed by atoms with Gasteiger partial charge in [0.1, 0.15) is 5.75 Å². The number of aromatic hydroxyl groups is 1. The maximum Gasteiger partial charge on any atom is 0.430 e. The molecule has 0 spiro atoms. The minimum absolute atomic E-state index is 0.253. The molecule has 2 N–H and O–H groups in total. The molecule has 0 atom stereocenters. The fourth-order valence-electron chi connectivity index (χ4n) is 1.41. The van der Waals surface area contributed by atoms with Crippen LogP contribution in [0.25, 0.3) is 0 Å². The molecule has 0 aliphatic rings. The minimum atomic E-state index is -6.00. The van der Waals surface area contributed by atoms with Gasteiger partial charge in [-0.3, -0.25) is 0 Å². The largest absolute Gasteiger partial charge is 0.508 e. The van der Waals surface area contributed by atoms with E-state index in [9.17, 15) is 31.4 Å². The van der Waals surface area contributed by atoms with Crippen LogP contribution in [0, 0.1) is 6.92 Å². The molecule has 8 heteroatoms. The van der Waals surface area contributed by atoms with Crippen molar-refractivity contribution in [2.24, 2.45) is 0 Å². The Bertz CT molecular complexity index is 435. The average molecular weight is 274 g/mol. The molecule has 1 aromatic carbocycles. The standard InChI is InChI=1S/C10H8F6O2/c1-5-2-3-6(7(17)4-5)8(18,9(11,12)13)10(14,15)16/h2-4,17-18H,1H3. The van der Waals surface area contributed by atoms with E-state index in [1.165, 1.54) is 6.92 Å². The number of hydrogen-bond acceptors (Lipinski definition) is 2. The molecule has 1 aromatic rings. The van der Waals surface area contributed by atoms with Gasteiger partial charge in [-0.15, -0.1) is 0 Å². The van der Waals surface area contributed by atoms with Gasteiger partial charge >= 0.3 is 12.4 Å². The molecule has 18 heavy (non-hydrogen) atoms. The molecule has 0 saturated carbocycles. The van der Waals surface area contributed by atoms with Crippen molar-refractivity contribution in [1.29, 1.82) is 0 Å². The second-order valence-corrected chi connectivity index (χ2v) is 3.73. The van der Waals surface area contributed by atoms with Crippen LogP contribution in [0.2, 0.25) is 0 Å². The summed E-state index contributed by atoms with van der Waals surface area (Å²) in [4.78, 5) is 0. The molecule has 0 radical (unpaired) electrons. The van der Waals surface area contributed by atoms with Gasteiger partial charge in [-0.25, -0.2) is 0 Å². The molecule has 0 bridgehead atoms. The highest BCUT2D eigenvalue weighted by Crippen LogP contribution is 2.52. The van der Waals surface area contributed by atoms with E-state index in [0.29, 0.717) is 12.1 Å². The molecule has 0 aliphatic carbocycles. The fraction of sp³-hybridized carbons (Fsp3) is 0.400. The summed E-state index contributed by atoms with van der Waals surface area (Å²) in [6.45, 7) is 1.36. The Morgan fingerprint density at radius 3 is 1.72 bits per heavy atom. The summed E-state index contributed by atoms with van der Waals surface area (Å²) >= 11 is 0. The minimum Gasteiger partial charge on any atom is -0.508 e. The Morgan fingerprint density at radius 2 is 1.39 bits per heavy atom. The molecule has 0 fully saturated rings. The van der Waals surface area contributed by atoms with Gasteiger partial charge in [0, 0.05) is 5.56 Å². The Kier molecular flexibility index (Phi) is 3.28. The van der Waals surface area contributed by atoms with E-state index >= 15 is 0 Å². The molecule has 0 aliphatic heterocycles. The van der Waals surface area contributed by atoms with Gasteiger partial charge in [0.2, 0.25) is 0 Å². The van der Waals surface area contributed by atoms with Crippen LogP contribution in [-0.2, 0) is 5.60 Å². The first-order chi connectivity index (χ1) is 7.91. The zero-order valence-corrected chi connectivity index (χ0v) is 8.89. The lowest BCUT2D eigenvalue weighted by Crippen LogP contribution is -2.53. The lowest BCUT2D eigenvalue weighted by Gasteiger charge is -2.33. The molecule has 102 valence electrons. The molecular weight excluding hydrogens is 266 g/mol. The number of halogens is 6. The Hall–Kier alpha value is -1.44. The van der Waals surface area contributed by atoms with Gasteiger partial charge in [-0.1, -0.05) is 12.1 Å². The van der Waals surface area contributed by atoms with Gasteiger partial charge in [0.15, 0.2) is 0 Å². The van der Waals surface area contributed by atoms with Crippen molar-refractivity contribution in [3.8, 4) is 5.75 Å². The number of alkyl halides is 6. The molecule has 0 unspecified atom stereocenters. The highest BCUT2D eigenvalue weighted by atomic mass is 19.4. The molecular formula is C10H8F6O2. The van der Waals surface area contributed by atoms with Gasteiger partial charge in [-0.2, -0.15) is 26.3 Å². The summed E-state index contributed by atoms with van der Waals surface area (Å²) in [5, 5.41) is 18.2. The normalized spacial score (nSPS) is 13.8. The van der Waals surface area contributed by atoms with Crippen molar-refractivity contribution in [3.05, 3.63) is 29.3 Å². The number of aryl methyl sites for hydroxylation is 1. The van der Waals surface area contributed by atoms with Gasteiger partial charge in [0.25, 0.3) is 5.60 Å². The van der Waals surface area contributed by atoms with Gasteiger partial charge in [-0.05, 0) is 18.6 Å². The summed E-state index contributed by atoms with van der Waals surface area (Å²) in [6, 6.07) is 2.03. The van der Waals surface area contributed by atoms with Crippen molar-refractivity contribution in [2.75, 3.05) is 0 Å². The Morgan fingerprint density at radius 1 is 0.944 bits per heavy atom. The highest BCUT2D eigenvalue weighted by molar-refractivity contribution is 5.41. The van der Waals surface area contributed by atoms with Crippen molar-refractivity contribution in [1.82, 2.24) is 0 Å². The maximum atomic E-state index is 12.5. The number of benzene rings is 1. The number of phenolic OH excluding ortho intramolecular Hbond substituents is 1. The second kappa shape index (κ2) is 4.04. The van der Waals surface area contributed by atoms with E-state index < -0.39 is 29.3 Å². The molecule has 0 saturated heterocycles. The van der Waals surface area contributed by atoms with Crippen LogP contribution in [0.15, 0.2) is 18.2 Å². The van der Waals surface area contributed by atoms with Gasteiger partial charge < -0.3 is 10.2 Å². The zero-order valence-electron chi connectivity index (χ0n) is 8.89. The third-order valence-electron chi connectivity index (χ3n) is 2.36.